The summed E-state index contributed by atoms with van der Waals surface area (Å²) in [4.78, 5) is 14.9. The second-order valence-corrected chi connectivity index (χ2v) is 4.59. The molecule has 0 bridgehead atoms. The summed E-state index contributed by atoms with van der Waals surface area (Å²) in [5.41, 5.74) is 0.429. The zero-order valence-corrected chi connectivity index (χ0v) is 11.0. The quantitative estimate of drug-likeness (QED) is 0.672. The van der Waals surface area contributed by atoms with Crippen LogP contribution in [0.3, 0.4) is 0 Å². The van der Waals surface area contributed by atoms with Gasteiger partial charge in [-0.3, -0.25) is 0 Å². The van der Waals surface area contributed by atoms with Crippen molar-refractivity contribution in [3.8, 4) is 0 Å². The highest BCUT2D eigenvalue weighted by atomic mass is 35.5. The number of carbonyl (C=O) groups is 1. The van der Waals surface area contributed by atoms with E-state index in [2.05, 4.69) is 10.3 Å². The normalized spacial score (nSPS) is 19.5. The van der Waals surface area contributed by atoms with Crippen molar-refractivity contribution in [1.29, 1.82) is 0 Å². The molecule has 1 N–H and O–H groups in total. The van der Waals surface area contributed by atoms with Gasteiger partial charge in [0, 0.05) is 0 Å². The van der Waals surface area contributed by atoms with E-state index in [4.69, 9.17) is 51.1 Å². The molecule has 1 atom stereocenters. The summed E-state index contributed by atoms with van der Waals surface area (Å²) in [5, 5.41) is 3.09. The minimum absolute atomic E-state index is 0.0719. The highest BCUT2D eigenvalue weighted by molar-refractivity contribution is 6.48. The van der Waals surface area contributed by atoms with Gasteiger partial charge in [-0.25, -0.2) is 9.78 Å². The van der Waals surface area contributed by atoms with E-state index in [0.717, 1.165) is 0 Å². The fourth-order valence-electron chi connectivity index (χ4n) is 1.18. The second-order valence-electron chi connectivity index (χ2n) is 3.06. The first kappa shape index (κ1) is 12.8. The number of hydrogen-bond acceptors (Lipinski definition) is 4. The molecule has 0 aromatic carbocycles. The number of cyclic esters (lactones) is 1. The SMILES string of the molecule is O=C1O[C@@H](Nc2ccc(Cl)nc2Cl)C(Cl)=C1Cl. The summed E-state index contributed by atoms with van der Waals surface area (Å²) in [7, 11) is 0. The van der Waals surface area contributed by atoms with Crippen molar-refractivity contribution >= 4 is 58.1 Å². The molecular formula is C9H4Cl4N2O2. The largest absolute Gasteiger partial charge is 0.432 e. The van der Waals surface area contributed by atoms with E-state index in [1.54, 1.807) is 6.07 Å². The van der Waals surface area contributed by atoms with Crippen molar-refractivity contribution in [1.82, 2.24) is 4.98 Å². The number of nitrogens with one attached hydrogen (secondary N) is 1. The first-order chi connectivity index (χ1) is 7.99. The van der Waals surface area contributed by atoms with Crippen LogP contribution in [0.25, 0.3) is 0 Å². The third-order valence-corrected chi connectivity index (χ3v) is 3.29. The minimum atomic E-state index is -0.864. The molecule has 1 aliphatic heterocycles. The summed E-state index contributed by atoms with van der Waals surface area (Å²) < 4.78 is 4.87. The fourth-order valence-corrected chi connectivity index (χ4v) is 1.90. The Bertz CT molecular complexity index is 518. The third-order valence-electron chi connectivity index (χ3n) is 1.95. The molecule has 2 rings (SSSR count). The number of anilines is 1. The Morgan fingerprint density at radius 1 is 1.24 bits per heavy atom. The van der Waals surface area contributed by atoms with Gasteiger partial charge in [0.1, 0.15) is 15.2 Å². The lowest BCUT2D eigenvalue weighted by Gasteiger charge is -2.14. The van der Waals surface area contributed by atoms with Crippen molar-refractivity contribution in [3.05, 3.63) is 32.5 Å². The highest BCUT2D eigenvalue weighted by Crippen LogP contribution is 2.31. The summed E-state index contributed by atoms with van der Waals surface area (Å²) in [5.74, 6) is -0.688. The average Bonchev–Trinajstić information content (AvgIpc) is 2.50. The van der Waals surface area contributed by atoms with Gasteiger partial charge in [-0.05, 0) is 12.1 Å². The number of halogens is 4. The van der Waals surface area contributed by atoms with Crippen LogP contribution in [0.1, 0.15) is 0 Å². The Labute approximate surface area is 116 Å². The van der Waals surface area contributed by atoms with Crippen LogP contribution < -0.4 is 5.32 Å². The van der Waals surface area contributed by atoms with Crippen molar-refractivity contribution in [3.63, 3.8) is 0 Å². The van der Waals surface area contributed by atoms with Crippen molar-refractivity contribution in [2.24, 2.45) is 0 Å². The number of ether oxygens (including phenoxy) is 1. The number of esters is 1. The van der Waals surface area contributed by atoms with Gasteiger partial charge in [-0.15, -0.1) is 0 Å². The van der Waals surface area contributed by atoms with Gasteiger partial charge >= 0.3 is 5.97 Å². The van der Waals surface area contributed by atoms with Crippen LogP contribution >= 0.6 is 46.4 Å². The third kappa shape index (κ3) is 2.60. The second kappa shape index (κ2) is 4.90. The molecule has 0 amide bonds. The van der Waals surface area contributed by atoms with Crippen LogP contribution in [0.2, 0.25) is 10.3 Å². The van der Waals surface area contributed by atoms with Gasteiger partial charge in [0.25, 0.3) is 0 Å². The van der Waals surface area contributed by atoms with E-state index in [9.17, 15) is 4.79 Å². The van der Waals surface area contributed by atoms with E-state index in [1.165, 1.54) is 6.07 Å². The van der Waals surface area contributed by atoms with E-state index < -0.39 is 12.2 Å². The summed E-state index contributed by atoms with van der Waals surface area (Å²) >= 11 is 22.9. The van der Waals surface area contributed by atoms with Crippen LogP contribution in [0.15, 0.2) is 22.2 Å². The molecule has 0 radical (unpaired) electrons. The maximum absolute atomic E-state index is 11.1. The Hall–Kier alpha value is -0.680. The molecule has 1 aromatic rings. The van der Waals surface area contributed by atoms with Gasteiger partial charge < -0.3 is 10.1 Å². The van der Waals surface area contributed by atoms with Crippen LogP contribution in [-0.2, 0) is 9.53 Å². The number of carbonyl (C=O) groups excluding carboxylic acids is 1. The van der Waals surface area contributed by atoms with Gasteiger partial charge in [0.05, 0.1) is 5.69 Å². The topological polar surface area (TPSA) is 51.2 Å². The lowest BCUT2D eigenvalue weighted by Crippen LogP contribution is -2.21. The molecular weight excluding hydrogens is 310 g/mol. The first-order valence-electron chi connectivity index (χ1n) is 4.34. The molecule has 2 heterocycles. The maximum Gasteiger partial charge on any atom is 0.353 e. The number of nitrogens with zero attached hydrogens (tertiary/aromatic N) is 1. The van der Waals surface area contributed by atoms with Crippen molar-refractivity contribution in [2.45, 2.75) is 6.23 Å². The Kier molecular flexibility index (Phi) is 3.68. The maximum atomic E-state index is 11.1. The Balaban J connectivity index is 2.20. The molecule has 0 aliphatic carbocycles. The van der Waals surface area contributed by atoms with Gasteiger partial charge in [-0.1, -0.05) is 46.4 Å². The Morgan fingerprint density at radius 2 is 1.94 bits per heavy atom. The molecule has 0 spiro atoms. The van der Waals surface area contributed by atoms with Crippen molar-refractivity contribution in [2.75, 3.05) is 5.32 Å². The molecule has 8 heteroatoms. The van der Waals surface area contributed by atoms with Gasteiger partial charge in [0.2, 0.25) is 6.23 Å². The van der Waals surface area contributed by atoms with Gasteiger partial charge in [-0.2, -0.15) is 0 Å². The highest BCUT2D eigenvalue weighted by Gasteiger charge is 2.32. The number of hydrogen-bond donors (Lipinski definition) is 1. The standard InChI is InChI=1S/C9H4Cl4N2O2/c10-4-2-1-3(7(13)15-4)14-8-5(11)6(12)9(16)17-8/h1-2,8,14H/t8-/m1/s1. The smallest absolute Gasteiger partial charge is 0.353 e. The van der Waals surface area contributed by atoms with Crippen LogP contribution in [0.4, 0.5) is 5.69 Å². The zero-order chi connectivity index (χ0) is 12.6. The monoisotopic (exact) mass is 312 g/mol. The van der Waals surface area contributed by atoms with Crippen LogP contribution in [0.5, 0.6) is 0 Å². The molecule has 0 saturated carbocycles. The summed E-state index contributed by atoms with van der Waals surface area (Å²) in [6, 6.07) is 3.12. The van der Waals surface area contributed by atoms with E-state index in [-0.39, 0.29) is 20.4 Å². The van der Waals surface area contributed by atoms with Crippen molar-refractivity contribution < 1.29 is 9.53 Å². The summed E-state index contributed by atoms with van der Waals surface area (Å²) in [6.45, 7) is 0. The molecule has 17 heavy (non-hydrogen) atoms. The molecule has 4 nitrogen and oxygen atoms in total. The Morgan fingerprint density at radius 3 is 2.47 bits per heavy atom. The first-order valence-corrected chi connectivity index (χ1v) is 5.85. The molecule has 0 unspecified atom stereocenters. The predicted octanol–water partition coefficient (Wildman–Crippen LogP) is 3.37. The van der Waals surface area contributed by atoms with Crippen LogP contribution in [0, 0.1) is 0 Å². The van der Waals surface area contributed by atoms with Crippen LogP contribution in [-0.4, -0.2) is 17.2 Å². The lowest BCUT2D eigenvalue weighted by atomic mass is 10.4. The molecule has 1 aliphatic rings. The molecule has 0 fully saturated rings. The van der Waals surface area contributed by atoms with E-state index in [1.807, 2.05) is 0 Å². The number of pyridine rings is 1. The average molecular weight is 314 g/mol. The fraction of sp³-hybridized carbons (Fsp3) is 0.111. The van der Waals surface area contributed by atoms with Gasteiger partial charge in [0.15, 0.2) is 5.15 Å². The zero-order valence-electron chi connectivity index (χ0n) is 8.01. The molecule has 90 valence electrons. The van der Waals surface area contributed by atoms with E-state index in [0.29, 0.717) is 5.69 Å². The molecule has 1 aromatic heterocycles. The molecule has 0 saturated heterocycles. The predicted molar refractivity (Wildman–Crippen MR) is 66.5 cm³/mol. The van der Waals surface area contributed by atoms with E-state index >= 15 is 0 Å². The summed E-state index contributed by atoms with van der Waals surface area (Å²) in [6.07, 6.45) is -0.864. The minimum Gasteiger partial charge on any atom is -0.432 e. The number of aromatic nitrogens is 1. The lowest BCUT2D eigenvalue weighted by molar-refractivity contribution is -0.138. The number of rotatable bonds is 2.